The number of halogens is 3. The highest BCUT2D eigenvalue weighted by Crippen LogP contribution is 2.29. The summed E-state index contributed by atoms with van der Waals surface area (Å²) in [6.45, 7) is 2.69. The van der Waals surface area contributed by atoms with E-state index in [0.717, 1.165) is 19.0 Å². The lowest BCUT2D eigenvalue weighted by Crippen LogP contribution is -2.24. The lowest BCUT2D eigenvalue weighted by molar-refractivity contribution is -0.141. The van der Waals surface area contributed by atoms with Crippen molar-refractivity contribution >= 4 is 11.8 Å². The first-order valence-electron chi connectivity index (χ1n) is 5.81. The summed E-state index contributed by atoms with van der Waals surface area (Å²) in [4.78, 5) is 8.93. The van der Waals surface area contributed by atoms with Crippen molar-refractivity contribution in [3.05, 3.63) is 11.8 Å². The number of nitrogen functional groups attached to an aromatic ring is 1. The van der Waals surface area contributed by atoms with Gasteiger partial charge in [0, 0.05) is 12.1 Å². The Morgan fingerprint density at radius 1 is 1.37 bits per heavy atom. The van der Waals surface area contributed by atoms with Crippen LogP contribution in [0.4, 0.5) is 24.9 Å². The van der Waals surface area contributed by atoms with Crippen molar-refractivity contribution in [1.82, 2.24) is 14.9 Å². The first-order valence-corrected chi connectivity index (χ1v) is 5.81. The van der Waals surface area contributed by atoms with Crippen molar-refractivity contribution < 1.29 is 13.2 Å². The molecule has 19 heavy (non-hydrogen) atoms. The lowest BCUT2D eigenvalue weighted by atomic mass is 10.2. The average Bonchev–Trinajstić information content (AvgIpc) is 2.24. The molecule has 1 atom stereocenters. The van der Waals surface area contributed by atoms with Crippen LogP contribution in [-0.2, 0) is 6.18 Å². The van der Waals surface area contributed by atoms with E-state index in [1.54, 1.807) is 0 Å². The van der Waals surface area contributed by atoms with Crippen molar-refractivity contribution in [2.24, 2.45) is 0 Å². The number of rotatable bonds is 5. The second-order valence-corrected chi connectivity index (χ2v) is 4.63. The van der Waals surface area contributed by atoms with Crippen LogP contribution >= 0.6 is 0 Å². The predicted molar refractivity (Wildman–Crippen MR) is 67.7 cm³/mol. The highest BCUT2D eigenvalue weighted by molar-refractivity contribution is 5.41. The summed E-state index contributed by atoms with van der Waals surface area (Å²) in [6.07, 6.45) is -3.75. The predicted octanol–water partition coefficient (Wildman–Crippen LogP) is 1.83. The van der Waals surface area contributed by atoms with Gasteiger partial charge in [-0.15, -0.1) is 0 Å². The Labute approximate surface area is 110 Å². The molecule has 0 fully saturated rings. The third kappa shape index (κ3) is 5.29. The fourth-order valence-electron chi connectivity index (χ4n) is 1.46. The zero-order valence-electron chi connectivity index (χ0n) is 11.1. The molecule has 0 aromatic carbocycles. The van der Waals surface area contributed by atoms with Gasteiger partial charge in [-0.05, 0) is 34.0 Å². The van der Waals surface area contributed by atoms with Crippen molar-refractivity contribution in [2.45, 2.75) is 25.6 Å². The normalized spacial score (nSPS) is 13.6. The van der Waals surface area contributed by atoms with Gasteiger partial charge in [0.2, 0.25) is 5.95 Å². The van der Waals surface area contributed by atoms with E-state index >= 15 is 0 Å². The smallest absolute Gasteiger partial charge is 0.368 e. The number of hydrogen-bond acceptors (Lipinski definition) is 5. The summed E-state index contributed by atoms with van der Waals surface area (Å²) < 4.78 is 37.7. The van der Waals surface area contributed by atoms with E-state index in [1.165, 1.54) is 0 Å². The quantitative estimate of drug-likeness (QED) is 0.859. The van der Waals surface area contributed by atoms with Crippen molar-refractivity contribution in [2.75, 3.05) is 31.7 Å². The largest absolute Gasteiger partial charge is 0.433 e. The highest BCUT2D eigenvalue weighted by Gasteiger charge is 2.33. The molecule has 0 saturated carbocycles. The van der Waals surface area contributed by atoms with Crippen LogP contribution in [0.25, 0.3) is 0 Å². The monoisotopic (exact) mass is 277 g/mol. The zero-order chi connectivity index (χ0) is 14.6. The first kappa shape index (κ1) is 15.5. The first-order chi connectivity index (χ1) is 8.68. The standard InChI is InChI=1S/C11H18F3N5/c1-7(4-5-19(2)3)16-9-6-8(11(12,13)14)17-10(15)18-9/h6-7H,4-5H2,1-3H3,(H3,15,16,17,18). The van der Waals surface area contributed by atoms with E-state index in [-0.39, 0.29) is 11.9 Å². The minimum absolute atomic E-state index is 0.0159. The van der Waals surface area contributed by atoms with Gasteiger partial charge in [-0.1, -0.05) is 0 Å². The molecule has 1 aromatic rings. The Kier molecular flexibility index (Phi) is 4.93. The van der Waals surface area contributed by atoms with Crippen molar-refractivity contribution in [3.63, 3.8) is 0 Å². The number of aromatic nitrogens is 2. The van der Waals surface area contributed by atoms with Crippen LogP contribution in [0.15, 0.2) is 6.07 Å². The van der Waals surface area contributed by atoms with Gasteiger partial charge in [0.15, 0.2) is 5.69 Å². The second-order valence-electron chi connectivity index (χ2n) is 4.63. The third-order valence-corrected chi connectivity index (χ3v) is 2.44. The van der Waals surface area contributed by atoms with Gasteiger partial charge < -0.3 is 16.0 Å². The number of nitrogens with zero attached hydrogens (tertiary/aromatic N) is 3. The molecular formula is C11H18F3N5. The van der Waals surface area contributed by atoms with Gasteiger partial charge in [-0.2, -0.15) is 18.2 Å². The van der Waals surface area contributed by atoms with E-state index in [9.17, 15) is 13.2 Å². The van der Waals surface area contributed by atoms with Crippen LogP contribution in [-0.4, -0.2) is 41.5 Å². The fourth-order valence-corrected chi connectivity index (χ4v) is 1.46. The van der Waals surface area contributed by atoms with Gasteiger partial charge in [0.1, 0.15) is 5.82 Å². The van der Waals surface area contributed by atoms with E-state index in [2.05, 4.69) is 15.3 Å². The van der Waals surface area contributed by atoms with E-state index in [0.29, 0.717) is 0 Å². The molecule has 3 N–H and O–H groups in total. The molecule has 5 nitrogen and oxygen atoms in total. The summed E-state index contributed by atoms with van der Waals surface area (Å²) in [6, 6.07) is 0.848. The number of alkyl halides is 3. The maximum absolute atomic E-state index is 12.6. The number of hydrogen-bond donors (Lipinski definition) is 2. The zero-order valence-corrected chi connectivity index (χ0v) is 11.1. The van der Waals surface area contributed by atoms with Crippen molar-refractivity contribution in [1.29, 1.82) is 0 Å². The van der Waals surface area contributed by atoms with Crippen LogP contribution in [0.3, 0.4) is 0 Å². The molecule has 108 valence electrons. The summed E-state index contributed by atoms with van der Waals surface area (Å²) in [5, 5.41) is 2.89. The fraction of sp³-hybridized carbons (Fsp3) is 0.636. The molecule has 0 bridgehead atoms. The van der Waals surface area contributed by atoms with E-state index in [1.807, 2.05) is 25.9 Å². The number of nitrogens with two attached hydrogens (primary N) is 1. The molecule has 1 rings (SSSR count). The Bertz CT molecular complexity index is 419. The van der Waals surface area contributed by atoms with Crippen LogP contribution in [0.5, 0.6) is 0 Å². The molecule has 1 unspecified atom stereocenters. The molecule has 0 amide bonds. The summed E-state index contributed by atoms with van der Waals surface area (Å²) in [5.74, 6) is -0.303. The highest BCUT2D eigenvalue weighted by atomic mass is 19.4. The molecule has 0 spiro atoms. The maximum atomic E-state index is 12.6. The van der Waals surface area contributed by atoms with Gasteiger partial charge in [-0.3, -0.25) is 0 Å². The molecule has 0 aliphatic heterocycles. The van der Waals surface area contributed by atoms with Crippen LogP contribution < -0.4 is 11.1 Å². The second kappa shape index (κ2) is 6.05. The van der Waals surface area contributed by atoms with Crippen LogP contribution in [0.1, 0.15) is 19.0 Å². The molecule has 0 radical (unpaired) electrons. The Hall–Kier alpha value is -1.57. The molecular weight excluding hydrogens is 259 g/mol. The Morgan fingerprint density at radius 3 is 2.53 bits per heavy atom. The lowest BCUT2D eigenvalue weighted by Gasteiger charge is -2.18. The van der Waals surface area contributed by atoms with Crippen LogP contribution in [0.2, 0.25) is 0 Å². The minimum Gasteiger partial charge on any atom is -0.368 e. The molecule has 1 heterocycles. The molecule has 0 aliphatic rings. The average molecular weight is 277 g/mol. The molecule has 1 aromatic heterocycles. The molecule has 0 aliphatic carbocycles. The molecule has 0 saturated heterocycles. The van der Waals surface area contributed by atoms with Crippen LogP contribution in [0, 0.1) is 0 Å². The summed E-state index contributed by atoms with van der Waals surface area (Å²) in [5.41, 5.74) is 4.24. The maximum Gasteiger partial charge on any atom is 0.433 e. The van der Waals surface area contributed by atoms with Crippen molar-refractivity contribution in [3.8, 4) is 0 Å². The Balaban J connectivity index is 2.76. The third-order valence-electron chi connectivity index (χ3n) is 2.44. The topological polar surface area (TPSA) is 67.1 Å². The minimum atomic E-state index is -4.53. The SMILES string of the molecule is CC(CCN(C)C)Nc1cc(C(F)(F)F)nc(N)n1. The van der Waals surface area contributed by atoms with E-state index < -0.39 is 17.8 Å². The number of anilines is 2. The Morgan fingerprint density at radius 2 is 2.00 bits per heavy atom. The van der Waals surface area contributed by atoms with Gasteiger partial charge >= 0.3 is 6.18 Å². The van der Waals surface area contributed by atoms with E-state index in [4.69, 9.17) is 5.73 Å². The van der Waals surface area contributed by atoms with Gasteiger partial charge in [0.05, 0.1) is 0 Å². The summed E-state index contributed by atoms with van der Waals surface area (Å²) in [7, 11) is 3.86. The van der Waals surface area contributed by atoms with Gasteiger partial charge in [-0.25, -0.2) is 4.98 Å². The van der Waals surface area contributed by atoms with Gasteiger partial charge in [0.25, 0.3) is 0 Å². The number of nitrogens with one attached hydrogen (secondary N) is 1. The molecule has 8 heteroatoms. The summed E-state index contributed by atoms with van der Waals surface area (Å²) >= 11 is 0.